The van der Waals surface area contributed by atoms with E-state index >= 15 is 17.6 Å². The number of hydrogen-bond acceptors (Lipinski definition) is 18. The monoisotopic (exact) mass is 2040 g/mol. The maximum absolute atomic E-state index is 15.6. The SMILES string of the molecule is O=C1c2c(O)c(=O)ccn2N(C2c3ccccc3-n3cccc3-c3c2ccc(F)c3F)C2CCCCN12.O=C1c2c(O)c(=O)ccn2N(C2c3ccccc3-n3cccc3-c3c2ccc(F)c3F)C2CSCCN12.O=C1c2c(O)c(=O)ccn2N([C@@H]2c3ccccc3-n3cccc3-c3c2ccc(F)c3F)[C@@H]2CCCCN12.O=C1c2c(O)c(=O)ccn2N([C@@H]2c3ccccc3-n3cccc3-c3c2ccc(F)c3F)[C@@H]2CSCCN12. The summed E-state index contributed by atoms with van der Waals surface area (Å²) in [6.07, 6.45) is 16.0. The van der Waals surface area contributed by atoms with Crippen LogP contribution in [-0.2, 0) is 0 Å². The number of para-hydroxylation sites is 4. The summed E-state index contributed by atoms with van der Waals surface area (Å²) in [5, 5.41) is 50.6. The van der Waals surface area contributed by atoms with Crippen molar-refractivity contribution < 1.29 is 74.7 Å². The lowest BCUT2D eigenvalue weighted by Crippen LogP contribution is -2.65. The highest BCUT2D eigenvalue weighted by molar-refractivity contribution is 7.99. The Kier molecular flexibility index (Phi) is 22.1. The van der Waals surface area contributed by atoms with E-state index in [9.17, 15) is 76.3 Å². The number of fused-ring (bicyclic) bond motifs is 28. The number of halogens is 8. The molecule has 0 bridgehead atoms. The van der Waals surface area contributed by atoms with Crippen LogP contribution in [0.5, 0.6) is 23.0 Å². The molecular formula is C110H84F8N16O12S2. The van der Waals surface area contributed by atoms with E-state index in [1.807, 2.05) is 160 Å². The molecule has 0 aliphatic carbocycles. The van der Waals surface area contributed by atoms with Gasteiger partial charge in [0.15, 0.2) is 92.3 Å². The maximum atomic E-state index is 15.6. The van der Waals surface area contributed by atoms with Gasteiger partial charge in [0.25, 0.3) is 23.6 Å². The van der Waals surface area contributed by atoms with Gasteiger partial charge in [-0.2, -0.15) is 23.5 Å². The normalized spacial score (nSPS) is 19.9. The van der Waals surface area contributed by atoms with Crippen molar-refractivity contribution >= 4 is 47.2 Å². The summed E-state index contributed by atoms with van der Waals surface area (Å²) >= 11 is 3.36. The van der Waals surface area contributed by atoms with Crippen molar-refractivity contribution in [1.82, 2.24) is 56.6 Å². The van der Waals surface area contributed by atoms with Crippen LogP contribution < -0.4 is 41.8 Å². The lowest BCUT2D eigenvalue weighted by atomic mass is 9.91. The number of pyridine rings is 4. The summed E-state index contributed by atoms with van der Waals surface area (Å²) in [5.41, 5.74) is 7.85. The van der Waals surface area contributed by atoms with Crippen LogP contribution in [0.3, 0.4) is 0 Å². The fourth-order valence-electron chi connectivity index (χ4n) is 23.8. The molecule has 8 atom stereocenters. The highest BCUT2D eigenvalue weighted by atomic mass is 32.2. The fourth-order valence-corrected chi connectivity index (χ4v) is 25.9. The van der Waals surface area contributed by atoms with E-state index in [4.69, 9.17) is 0 Å². The van der Waals surface area contributed by atoms with Gasteiger partial charge in [-0.3, -0.25) is 77.1 Å². The molecule has 20 heterocycles. The third-order valence-corrected chi connectivity index (χ3v) is 32.2. The number of nitrogens with zero attached hydrogens (tertiary/aromatic N) is 16. The minimum absolute atomic E-state index is 0.129. The van der Waals surface area contributed by atoms with E-state index < -0.39 is 164 Å². The number of benzene rings is 8. The standard InChI is InChI=1S/2C28H22F2N4O3.2C27H20F2N4O3S/c2*29-18-11-10-17-23(24(18)30)20-8-5-14-31(20)19-7-2-1-6-16(19)25(17)34-22-9-3-4-13-32(22)28(37)26-27(36)21(35)12-15-33(26)34;2*28-17-8-7-16-22(23(17)29)19-6-3-10-30(19)18-5-2-1-4-15(18)24(16)33-21-14-37-13-12-31(21)27(36)25-26(35)20(34)9-11-32(25)33/h2*1-2,5-8,10-12,14-15,22,25,36H,3-4,9,13H2;2*1-11,21,24,35H,12-14H2/t22-,25-;;21-,24-;/m1.1./s1. The smallest absolute Gasteiger partial charge is 0.278 e. The number of piperidine rings is 2. The van der Waals surface area contributed by atoms with E-state index in [0.717, 1.165) is 95.0 Å². The average molecular weight is 2040 g/mol. The first-order chi connectivity index (χ1) is 71.9. The molecule has 12 aliphatic rings. The number of carbonyl (C=O) groups is 4. The summed E-state index contributed by atoms with van der Waals surface area (Å²) in [5.74, 6) is -9.34. The zero-order chi connectivity index (χ0) is 102. The fraction of sp³-hybridized carbons (Fsp3) is 0.200. The molecule has 4 saturated heterocycles. The van der Waals surface area contributed by atoms with Crippen LogP contribution in [-0.4, -0.2) is 174 Å². The topological polar surface area (TPSA) is 283 Å². The van der Waals surface area contributed by atoms with Crippen LogP contribution in [0.1, 0.15) is 149 Å². The Morgan fingerprint density at radius 3 is 0.757 bits per heavy atom. The second kappa shape index (κ2) is 35.5. The van der Waals surface area contributed by atoms with Gasteiger partial charge in [-0.25, -0.2) is 35.1 Å². The molecule has 8 aromatic heterocycles. The molecule has 16 aromatic rings. The van der Waals surface area contributed by atoms with Crippen LogP contribution in [0, 0.1) is 46.5 Å². The first-order valence-corrected chi connectivity index (χ1v) is 50.5. The zero-order valence-corrected chi connectivity index (χ0v) is 79.6. The number of amides is 4. The number of aromatic nitrogens is 8. The molecule has 28 nitrogen and oxygen atoms in total. The van der Waals surface area contributed by atoms with Crippen molar-refractivity contribution in [1.29, 1.82) is 0 Å². The van der Waals surface area contributed by atoms with E-state index in [1.54, 1.807) is 116 Å². The molecule has 12 aliphatic heterocycles. The lowest BCUT2D eigenvalue weighted by molar-refractivity contribution is 0.0456. The van der Waals surface area contributed by atoms with Gasteiger partial charge >= 0.3 is 0 Å². The first-order valence-electron chi connectivity index (χ1n) is 48.2. The summed E-state index contributed by atoms with van der Waals surface area (Å²) < 4.78 is 135. The molecule has 4 amide bonds. The minimum Gasteiger partial charge on any atom is -0.502 e. The van der Waals surface area contributed by atoms with E-state index in [-0.39, 0.29) is 45.0 Å². The second-order valence-electron chi connectivity index (χ2n) is 37.7. The van der Waals surface area contributed by atoms with Gasteiger partial charge in [0.1, 0.15) is 48.8 Å². The first kappa shape index (κ1) is 92.2. The molecule has 744 valence electrons. The molecule has 0 radical (unpaired) electrons. The zero-order valence-electron chi connectivity index (χ0n) is 78.0. The molecule has 8 aromatic carbocycles. The van der Waals surface area contributed by atoms with Crippen molar-refractivity contribution in [3.05, 3.63) is 423 Å². The van der Waals surface area contributed by atoms with Crippen molar-refractivity contribution in [2.75, 3.05) is 69.2 Å². The van der Waals surface area contributed by atoms with Gasteiger partial charge in [0.2, 0.25) is 21.7 Å². The molecule has 28 rings (SSSR count). The Morgan fingerprint density at radius 1 is 0.250 bits per heavy atom. The highest BCUT2D eigenvalue weighted by Crippen LogP contribution is 2.54. The van der Waals surface area contributed by atoms with Gasteiger partial charge in [-0.15, -0.1) is 0 Å². The third kappa shape index (κ3) is 13.8. The van der Waals surface area contributed by atoms with Crippen LogP contribution in [0.15, 0.2) is 287 Å². The van der Waals surface area contributed by atoms with Gasteiger partial charge in [-0.05, 0) is 158 Å². The number of aromatic hydroxyl groups is 4. The Hall–Kier alpha value is -16.9. The summed E-state index contributed by atoms with van der Waals surface area (Å²) in [7, 11) is 0. The number of thioether (sulfide) groups is 2. The molecular weight excluding hydrogens is 1950 g/mol. The molecule has 4 N–H and O–H groups in total. The van der Waals surface area contributed by atoms with Gasteiger partial charge < -0.3 is 58.3 Å². The molecule has 4 unspecified atom stereocenters. The van der Waals surface area contributed by atoms with Crippen molar-refractivity contribution in [2.45, 2.75) is 87.4 Å². The minimum atomic E-state index is -0.957. The highest BCUT2D eigenvalue weighted by Gasteiger charge is 2.53. The molecule has 0 spiro atoms. The third-order valence-electron chi connectivity index (χ3n) is 30.2. The van der Waals surface area contributed by atoms with E-state index in [2.05, 4.69) is 0 Å². The molecule has 38 heteroatoms. The number of rotatable bonds is 4. The van der Waals surface area contributed by atoms with Gasteiger partial charge in [-0.1, -0.05) is 97.1 Å². The molecule has 4 fully saturated rings. The van der Waals surface area contributed by atoms with E-state index in [0.29, 0.717) is 107 Å². The lowest BCUT2D eigenvalue weighted by Gasteiger charge is -2.51. The van der Waals surface area contributed by atoms with Crippen molar-refractivity contribution in [2.24, 2.45) is 0 Å². The van der Waals surface area contributed by atoms with Gasteiger partial charge in [0.05, 0.1) is 45.5 Å². The van der Waals surface area contributed by atoms with Gasteiger partial charge in [0, 0.05) is 168 Å². The predicted octanol–water partition coefficient (Wildman–Crippen LogP) is 16.3. The summed E-state index contributed by atoms with van der Waals surface area (Å²) in [6, 6.07) is 57.6. The van der Waals surface area contributed by atoms with E-state index in [1.165, 1.54) is 67.8 Å². The van der Waals surface area contributed by atoms with Crippen LogP contribution in [0.25, 0.3) is 67.8 Å². The van der Waals surface area contributed by atoms with Crippen molar-refractivity contribution in [3.8, 4) is 90.8 Å². The van der Waals surface area contributed by atoms with Crippen molar-refractivity contribution in [3.63, 3.8) is 0 Å². The maximum Gasteiger partial charge on any atom is 0.278 e. The van der Waals surface area contributed by atoms with Crippen LogP contribution >= 0.6 is 23.5 Å². The van der Waals surface area contributed by atoms with Crippen LogP contribution in [0.2, 0.25) is 0 Å². The number of carbonyl (C=O) groups excluding carboxylic acids is 4. The quantitative estimate of drug-likeness (QED) is 0.119. The Balaban J connectivity index is 0.000000103. The molecule has 148 heavy (non-hydrogen) atoms. The Bertz CT molecular complexity index is 7630. The average Bonchev–Trinajstić information content (AvgIpc) is 1.69. The Labute approximate surface area is 843 Å². The largest absolute Gasteiger partial charge is 0.502 e. The second-order valence-corrected chi connectivity index (χ2v) is 40.0. The molecule has 0 saturated carbocycles. The summed E-state index contributed by atoms with van der Waals surface area (Å²) in [4.78, 5) is 110. The number of hydrogen-bond donors (Lipinski definition) is 4. The Morgan fingerprint density at radius 2 is 0.493 bits per heavy atom. The summed E-state index contributed by atoms with van der Waals surface area (Å²) in [6.45, 7) is 1.77. The van der Waals surface area contributed by atoms with Crippen LogP contribution in [0.4, 0.5) is 35.1 Å². The predicted molar refractivity (Wildman–Crippen MR) is 536 cm³/mol.